The van der Waals surface area contributed by atoms with Gasteiger partial charge in [-0.25, -0.2) is 4.39 Å². The Balaban J connectivity index is 2.09. The molecule has 128 valence electrons. The van der Waals surface area contributed by atoms with E-state index in [0.717, 1.165) is 28.1 Å². The standard InChI is InChI=1S/C20H19FN2OS/c1-4-17-18(14-8-10-16(21)11-9-14)23(3)20(25-17)22-19(24)15-7-5-6-13(2)12-15/h5-12H,4H2,1-3H3. The van der Waals surface area contributed by atoms with Crippen LogP contribution >= 0.6 is 11.3 Å². The minimum Gasteiger partial charge on any atom is -0.319 e. The van der Waals surface area contributed by atoms with E-state index in [1.807, 2.05) is 36.7 Å². The summed E-state index contributed by atoms with van der Waals surface area (Å²) in [6.45, 7) is 4.01. The van der Waals surface area contributed by atoms with E-state index < -0.39 is 0 Å². The van der Waals surface area contributed by atoms with Gasteiger partial charge in [-0.3, -0.25) is 4.79 Å². The van der Waals surface area contributed by atoms with Crippen molar-refractivity contribution in [1.82, 2.24) is 4.57 Å². The Kier molecular flexibility index (Phi) is 4.95. The summed E-state index contributed by atoms with van der Waals surface area (Å²) >= 11 is 1.49. The highest BCUT2D eigenvalue weighted by Crippen LogP contribution is 2.26. The number of carbonyl (C=O) groups is 1. The molecule has 0 bridgehead atoms. The van der Waals surface area contributed by atoms with Crippen LogP contribution in [0.3, 0.4) is 0 Å². The number of hydrogen-bond donors (Lipinski definition) is 0. The fourth-order valence-corrected chi connectivity index (χ4v) is 3.81. The van der Waals surface area contributed by atoms with Crippen molar-refractivity contribution in [2.24, 2.45) is 12.0 Å². The third-order valence-electron chi connectivity index (χ3n) is 4.00. The SMILES string of the molecule is CCc1sc(=NC(=O)c2cccc(C)c2)n(C)c1-c1ccc(F)cc1. The maximum Gasteiger partial charge on any atom is 0.279 e. The van der Waals surface area contributed by atoms with Crippen molar-refractivity contribution in [3.05, 3.63) is 75.2 Å². The zero-order valence-corrected chi connectivity index (χ0v) is 15.2. The highest BCUT2D eigenvalue weighted by Gasteiger charge is 2.13. The van der Waals surface area contributed by atoms with Crippen LogP contribution in [0.4, 0.5) is 4.39 Å². The monoisotopic (exact) mass is 354 g/mol. The number of halogens is 1. The Hall–Kier alpha value is -2.53. The van der Waals surface area contributed by atoms with Gasteiger partial charge in [0.1, 0.15) is 5.82 Å². The summed E-state index contributed by atoms with van der Waals surface area (Å²) < 4.78 is 15.1. The van der Waals surface area contributed by atoms with Gasteiger partial charge < -0.3 is 4.57 Å². The molecule has 1 amide bonds. The van der Waals surface area contributed by atoms with E-state index in [1.165, 1.54) is 23.5 Å². The number of hydrogen-bond acceptors (Lipinski definition) is 2. The van der Waals surface area contributed by atoms with Crippen molar-refractivity contribution in [2.45, 2.75) is 20.3 Å². The lowest BCUT2D eigenvalue weighted by Crippen LogP contribution is -2.14. The zero-order chi connectivity index (χ0) is 18.0. The van der Waals surface area contributed by atoms with Gasteiger partial charge in [0.2, 0.25) is 0 Å². The maximum absolute atomic E-state index is 13.2. The average molecular weight is 354 g/mol. The third-order valence-corrected chi connectivity index (χ3v) is 5.28. The van der Waals surface area contributed by atoms with Crippen LogP contribution in [0.1, 0.15) is 27.7 Å². The predicted molar refractivity (Wildman–Crippen MR) is 99.1 cm³/mol. The summed E-state index contributed by atoms with van der Waals surface area (Å²) in [5, 5.41) is 0. The molecule has 5 heteroatoms. The maximum atomic E-state index is 13.2. The fraction of sp³-hybridized carbons (Fsp3) is 0.200. The third kappa shape index (κ3) is 3.61. The Morgan fingerprint density at radius 2 is 1.92 bits per heavy atom. The molecule has 3 aromatic rings. The lowest BCUT2D eigenvalue weighted by molar-refractivity contribution is 0.0998. The van der Waals surface area contributed by atoms with E-state index in [4.69, 9.17) is 0 Å². The van der Waals surface area contributed by atoms with E-state index in [0.29, 0.717) is 10.4 Å². The molecule has 3 rings (SSSR count). The van der Waals surface area contributed by atoms with Gasteiger partial charge in [0.25, 0.3) is 5.91 Å². The van der Waals surface area contributed by atoms with Gasteiger partial charge in [-0.2, -0.15) is 4.99 Å². The number of aryl methyl sites for hydroxylation is 2. The molecule has 25 heavy (non-hydrogen) atoms. The first kappa shape index (κ1) is 17.3. The van der Waals surface area contributed by atoms with Crippen molar-refractivity contribution in [2.75, 3.05) is 0 Å². The van der Waals surface area contributed by atoms with E-state index in [1.54, 1.807) is 18.2 Å². The van der Waals surface area contributed by atoms with E-state index >= 15 is 0 Å². The first-order chi connectivity index (χ1) is 12.0. The van der Waals surface area contributed by atoms with Gasteiger partial charge in [-0.15, -0.1) is 11.3 Å². The Morgan fingerprint density at radius 1 is 1.20 bits per heavy atom. The van der Waals surface area contributed by atoms with Crippen LogP contribution in [0.2, 0.25) is 0 Å². The van der Waals surface area contributed by atoms with Gasteiger partial charge >= 0.3 is 0 Å². The molecule has 0 aliphatic carbocycles. The van der Waals surface area contributed by atoms with E-state index in [9.17, 15) is 9.18 Å². The number of thiazole rings is 1. The Labute approximate surface area is 150 Å². The molecule has 0 fully saturated rings. The second-order valence-corrected chi connectivity index (χ2v) is 6.92. The van der Waals surface area contributed by atoms with Crippen LogP contribution in [0.5, 0.6) is 0 Å². The molecule has 0 saturated carbocycles. The molecule has 0 saturated heterocycles. The number of amides is 1. The van der Waals surface area contributed by atoms with Crippen molar-refractivity contribution >= 4 is 17.2 Å². The van der Waals surface area contributed by atoms with Crippen LogP contribution in [0.25, 0.3) is 11.3 Å². The van der Waals surface area contributed by atoms with Crippen LogP contribution in [0.15, 0.2) is 53.5 Å². The fourth-order valence-electron chi connectivity index (χ4n) is 2.74. The second kappa shape index (κ2) is 7.15. The van der Waals surface area contributed by atoms with Gasteiger partial charge in [-0.05, 0) is 55.3 Å². The van der Waals surface area contributed by atoms with Crippen LogP contribution in [-0.4, -0.2) is 10.5 Å². The molecule has 0 radical (unpaired) electrons. The molecule has 1 aromatic heterocycles. The minimum atomic E-state index is -0.265. The van der Waals surface area contributed by atoms with Gasteiger partial charge in [0, 0.05) is 17.5 Å². The molecule has 1 heterocycles. The topological polar surface area (TPSA) is 34.4 Å². The Morgan fingerprint density at radius 3 is 2.56 bits per heavy atom. The lowest BCUT2D eigenvalue weighted by Gasteiger charge is -2.05. The Bertz CT molecular complexity index is 984. The van der Waals surface area contributed by atoms with Crippen molar-refractivity contribution in [3.63, 3.8) is 0 Å². The number of rotatable bonds is 3. The molecule has 0 aliphatic heterocycles. The summed E-state index contributed by atoms with van der Waals surface area (Å²) in [6.07, 6.45) is 0.819. The van der Waals surface area contributed by atoms with Crippen molar-refractivity contribution in [3.8, 4) is 11.3 Å². The summed E-state index contributed by atoms with van der Waals surface area (Å²) in [5.74, 6) is -0.520. The van der Waals surface area contributed by atoms with Gasteiger partial charge in [0.15, 0.2) is 4.80 Å². The summed E-state index contributed by atoms with van der Waals surface area (Å²) in [5.41, 5.74) is 3.50. The highest BCUT2D eigenvalue weighted by molar-refractivity contribution is 7.09. The highest BCUT2D eigenvalue weighted by atomic mass is 32.1. The molecule has 2 aromatic carbocycles. The lowest BCUT2D eigenvalue weighted by atomic mass is 10.1. The molecule has 0 unspecified atom stereocenters. The summed E-state index contributed by atoms with van der Waals surface area (Å²) in [6, 6.07) is 13.8. The summed E-state index contributed by atoms with van der Waals surface area (Å²) in [4.78, 5) is 18.6. The minimum absolute atomic E-state index is 0.256. The molecular weight excluding hydrogens is 335 g/mol. The first-order valence-electron chi connectivity index (χ1n) is 8.10. The van der Waals surface area contributed by atoms with Crippen molar-refractivity contribution in [1.29, 1.82) is 0 Å². The number of aromatic nitrogens is 1. The zero-order valence-electron chi connectivity index (χ0n) is 14.4. The molecule has 0 aliphatic rings. The molecule has 0 atom stereocenters. The average Bonchev–Trinajstić information content (AvgIpc) is 2.91. The van der Waals surface area contributed by atoms with Gasteiger partial charge in [-0.1, -0.05) is 24.6 Å². The summed E-state index contributed by atoms with van der Waals surface area (Å²) in [7, 11) is 1.89. The largest absolute Gasteiger partial charge is 0.319 e. The van der Waals surface area contributed by atoms with E-state index in [2.05, 4.69) is 11.9 Å². The predicted octanol–water partition coefficient (Wildman–Crippen LogP) is 4.50. The van der Waals surface area contributed by atoms with E-state index in [-0.39, 0.29) is 11.7 Å². The van der Waals surface area contributed by atoms with Crippen molar-refractivity contribution < 1.29 is 9.18 Å². The molecular formula is C20H19FN2OS. The normalized spacial score (nSPS) is 11.8. The van der Waals surface area contributed by atoms with Crippen LogP contribution in [-0.2, 0) is 13.5 Å². The molecule has 0 spiro atoms. The number of nitrogens with zero attached hydrogens (tertiary/aromatic N) is 2. The van der Waals surface area contributed by atoms with Crippen LogP contribution < -0.4 is 4.80 Å². The number of carbonyl (C=O) groups excluding carboxylic acids is 1. The quantitative estimate of drug-likeness (QED) is 0.682. The molecule has 3 nitrogen and oxygen atoms in total. The smallest absolute Gasteiger partial charge is 0.279 e. The van der Waals surface area contributed by atoms with Crippen LogP contribution in [0, 0.1) is 12.7 Å². The molecule has 0 N–H and O–H groups in total. The first-order valence-corrected chi connectivity index (χ1v) is 8.91. The number of benzene rings is 2. The second-order valence-electron chi connectivity index (χ2n) is 5.86. The van der Waals surface area contributed by atoms with Gasteiger partial charge in [0.05, 0.1) is 5.69 Å².